The highest BCUT2D eigenvalue weighted by molar-refractivity contribution is 7.90. The zero-order valence-corrected chi connectivity index (χ0v) is 14.0. The number of nitrogens with zero attached hydrogens (tertiary/aromatic N) is 2. The third-order valence-corrected chi connectivity index (χ3v) is 4.89. The van der Waals surface area contributed by atoms with Crippen molar-refractivity contribution >= 4 is 21.4 Å². The predicted molar refractivity (Wildman–Crippen MR) is 89.2 cm³/mol. The number of hydrogen-bond acceptors (Lipinski definition) is 6. The lowest BCUT2D eigenvalue weighted by molar-refractivity contribution is 0.305. The van der Waals surface area contributed by atoms with E-state index in [0.29, 0.717) is 5.75 Å². The molecule has 0 amide bonds. The second-order valence-corrected chi connectivity index (χ2v) is 7.67. The molecule has 0 aliphatic rings. The van der Waals surface area contributed by atoms with Gasteiger partial charge in [-0.3, -0.25) is 4.98 Å². The molecule has 118 valence electrons. The summed E-state index contributed by atoms with van der Waals surface area (Å²) in [5.41, 5.74) is 2.60. The Labute approximate surface area is 138 Å². The number of benzene rings is 1. The summed E-state index contributed by atoms with van der Waals surface area (Å²) in [6, 6.07) is 10.4. The standard InChI is InChI=1S/C16H14N2O3S2/c1-23(19,20)15-4-2-3-12(7-15)10-21-14-5-6-16(17-9-14)13-8-18-22-11-13/h2-9,11H,10H2,1H3. The molecule has 0 aliphatic heterocycles. The van der Waals surface area contributed by atoms with E-state index in [2.05, 4.69) is 9.36 Å². The monoisotopic (exact) mass is 346 g/mol. The van der Waals surface area contributed by atoms with E-state index < -0.39 is 9.84 Å². The molecule has 0 radical (unpaired) electrons. The van der Waals surface area contributed by atoms with Crippen LogP contribution in [-0.4, -0.2) is 24.0 Å². The number of rotatable bonds is 5. The van der Waals surface area contributed by atoms with Gasteiger partial charge in [-0.1, -0.05) is 12.1 Å². The molecule has 3 aromatic rings. The van der Waals surface area contributed by atoms with Crippen LogP contribution in [0.25, 0.3) is 11.3 Å². The molecule has 0 bridgehead atoms. The van der Waals surface area contributed by atoms with Crippen molar-refractivity contribution < 1.29 is 13.2 Å². The molecule has 23 heavy (non-hydrogen) atoms. The van der Waals surface area contributed by atoms with Gasteiger partial charge in [-0.25, -0.2) is 12.8 Å². The molecular formula is C16H14N2O3S2. The van der Waals surface area contributed by atoms with Crippen molar-refractivity contribution in [3.8, 4) is 17.0 Å². The summed E-state index contributed by atoms with van der Waals surface area (Å²) in [6.07, 6.45) is 4.60. The Morgan fingerprint density at radius 1 is 1.17 bits per heavy atom. The van der Waals surface area contributed by atoms with Crippen LogP contribution in [0.3, 0.4) is 0 Å². The molecule has 1 aromatic carbocycles. The lowest BCUT2D eigenvalue weighted by Crippen LogP contribution is -2.00. The van der Waals surface area contributed by atoms with Gasteiger partial charge in [-0.2, -0.15) is 0 Å². The molecule has 0 spiro atoms. The average Bonchev–Trinajstić information content (AvgIpc) is 3.07. The first kappa shape index (κ1) is 15.6. The van der Waals surface area contributed by atoms with Gasteiger partial charge in [0.05, 0.1) is 23.0 Å². The molecule has 0 unspecified atom stereocenters. The molecule has 0 atom stereocenters. The molecule has 0 aliphatic carbocycles. The van der Waals surface area contributed by atoms with E-state index in [1.54, 1.807) is 30.6 Å². The molecule has 0 N–H and O–H groups in total. The topological polar surface area (TPSA) is 69.2 Å². The van der Waals surface area contributed by atoms with Crippen LogP contribution >= 0.6 is 11.5 Å². The summed E-state index contributed by atoms with van der Waals surface area (Å²) in [5.74, 6) is 0.627. The summed E-state index contributed by atoms with van der Waals surface area (Å²) in [7, 11) is -3.21. The van der Waals surface area contributed by atoms with Crippen molar-refractivity contribution in [3.63, 3.8) is 0 Å². The number of ether oxygens (including phenoxy) is 1. The maximum Gasteiger partial charge on any atom is 0.175 e. The Bertz CT molecular complexity index is 889. The van der Waals surface area contributed by atoms with E-state index in [-0.39, 0.29) is 11.5 Å². The first-order valence-corrected chi connectivity index (χ1v) is 9.53. The van der Waals surface area contributed by atoms with E-state index in [9.17, 15) is 8.42 Å². The Hall–Kier alpha value is -2.25. The molecular weight excluding hydrogens is 332 g/mol. The van der Waals surface area contributed by atoms with Crippen LogP contribution in [0.5, 0.6) is 5.75 Å². The van der Waals surface area contributed by atoms with Crippen LogP contribution < -0.4 is 4.74 Å². The van der Waals surface area contributed by atoms with Crippen LogP contribution in [0, 0.1) is 0 Å². The molecule has 3 rings (SSSR count). The molecule has 0 saturated carbocycles. The van der Waals surface area contributed by atoms with Gasteiger partial charge in [-0.15, -0.1) is 0 Å². The highest BCUT2D eigenvalue weighted by Gasteiger charge is 2.08. The van der Waals surface area contributed by atoms with Crippen molar-refractivity contribution in [1.82, 2.24) is 9.36 Å². The normalized spacial score (nSPS) is 11.3. The Balaban J connectivity index is 1.69. The Kier molecular flexibility index (Phi) is 4.40. The summed E-state index contributed by atoms with van der Waals surface area (Å²) in [5, 5.41) is 1.93. The van der Waals surface area contributed by atoms with Crippen molar-refractivity contribution in [2.45, 2.75) is 11.5 Å². The third-order valence-electron chi connectivity index (χ3n) is 3.20. The third kappa shape index (κ3) is 3.94. The van der Waals surface area contributed by atoms with Crippen molar-refractivity contribution in [3.05, 3.63) is 59.7 Å². The minimum Gasteiger partial charge on any atom is -0.487 e. The molecule has 0 saturated heterocycles. The molecule has 5 nitrogen and oxygen atoms in total. The van der Waals surface area contributed by atoms with Crippen molar-refractivity contribution in [2.75, 3.05) is 6.26 Å². The zero-order valence-electron chi connectivity index (χ0n) is 12.3. The van der Waals surface area contributed by atoms with Crippen LogP contribution in [-0.2, 0) is 16.4 Å². The summed E-state index contributed by atoms with van der Waals surface area (Å²) in [4.78, 5) is 4.62. The van der Waals surface area contributed by atoms with E-state index in [1.165, 1.54) is 17.8 Å². The second kappa shape index (κ2) is 6.47. The molecule has 0 fully saturated rings. The van der Waals surface area contributed by atoms with E-state index >= 15 is 0 Å². The Morgan fingerprint density at radius 3 is 2.70 bits per heavy atom. The summed E-state index contributed by atoms with van der Waals surface area (Å²) >= 11 is 1.38. The summed E-state index contributed by atoms with van der Waals surface area (Å²) < 4.78 is 32.8. The number of pyridine rings is 1. The number of sulfone groups is 1. The maximum absolute atomic E-state index is 11.6. The number of hydrogen-bond donors (Lipinski definition) is 0. The van der Waals surface area contributed by atoms with Crippen LogP contribution in [0.15, 0.2) is 59.1 Å². The van der Waals surface area contributed by atoms with Gasteiger partial charge < -0.3 is 4.74 Å². The summed E-state index contributed by atoms with van der Waals surface area (Å²) in [6.45, 7) is 0.282. The minimum absolute atomic E-state index is 0.282. The molecule has 2 heterocycles. The highest BCUT2D eigenvalue weighted by atomic mass is 32.2. The van der Waals surface area contributed by atoms with Gasteiger partial charge in [0.25, 0.3) is 0 Å². The highest BCUT2D eigenvalue weighted by Crippen LogP contribution is 2.21. The van der Waals surface area contributed by atoms with Gasteiger partial charge in [0, 0.05) is 17.2 Å². The minimum atomic E-state index is -3.21. The van der Waals surface area contributed by atoms with Gasteiger partial charge in [0.15, 0.2) is 9.84 Å². The van der Waals surface area contributed by atoms with E-state index in [4.69, 9.17) is 4.74 Å². The zero-order chi connectivity index (χ0) is 16.3. The first-order chi connectivity index (χ1) is 11.0. The van der Waals surface area contributed by atoms with Crippen LogP contribution in [0.2, 0.25) is 0 Å². The molecule has 2 aromatic heterocycles. The number of aromatic nitrogens is 2. The van der Waals surface area contributed by atoms with E-state index in [0.717, 1.165) is 16.8 Å². The fourth-order valence-corrected chi connectivity index (χ4v) is 3.22. The van der Waals surface area contributed by atoms with Crippen molar-refractivity contribution in [2.24, 2.45) is 0 Å². The van der Waals surface area contributed by atoms with E-state index in [1.807, 2.05) is 23.6 Å². The van der Waals surface area contributed by atoms with Gasteiger partial charge in [0.2, 0.25) is 0 Å². The quantitative estimate of drug-likeness (QED) is 0.710. The molecule has 7 heteroatoms. The van der Waals surface area contributed by atoms with Gasteiger partial charge >= 0.3 is 0 Å². The lowest BCUT2D eigenvalue weighted by Gasteiger charge is -2.07. The smallest absolute Gasteiger partial charge is 0.175 e. The van der Waals surface area contributed by atoms with Gasteiger partial charge in [-0.05, 0) is 41.4 Å². The second-order valence-electron chi connectivity index (χ2n) is 5.00. The average molecular weight is 346 g/mol. The fraction of sp³-hybridized carbons (Fsp3) is 0.125. The Morgan fingerprint density at radius 2 is 2.04 bits per heavy atom. The van der Waals surface area contributed by atoms with Gasteiger partial charge in [0.1, 0.15) is 12.4 Å². The van der Waals surface area contributed by atoms with Crippen molar-refractivity contribution in [1.29, 1.82) is 0 Å². The van der Waals surface area contributed by atoms with Crippen LogP contribution in [0.1, 0.15) is 5.56 Å². The maximum atomic E-state index is 11.6. The first-order valence-electron chi connectivity index (χ1n) is 6.80. The largest absolute Gasteiger partial charge is 0.487 e. The lowest BCUT2D eigenvalue weighted by atomic mass is 10.2. The SMILES string of the molecule is CS(=O)(=O)c1cccc(COc2ccc(-c3cnsc3)nc2)c1. The predicted octanol–water partition coefficient (Wildman–Crippen LogP) is 3.19. The van der Waals surface area contributed by atoms with Crippen LogP contribution in [0.4, 0.5) is 0 Å². The fourth-order valence-electron chi connectivity index (χ4n) is 2.00.